The van der Waals surface area contributed by atoms with Crippen LogP contribution in [-0.4, -0.2) is 68.2 Å². The number of amides is 1. The first-order valence-electron chi connectivity index (χ1n) is 11.4. The molecule has 3 aromatic rings. The van der Waals surface area contributed by atoms with Gasteiger partial charge in [0.25, 0.3) is 5.91 Å². The second-order valence-electron chi connectivity index (χ2n) is 8.08. The van der Waals surface area contributed by atoms with Gasteiger partial charge in [0.2, 0.25) is 5.88 Å². The SMILES string of the molecule is CCN(CC)c1onc(-c2ccccc2)c1CN(CCN(C)C)C(=O)c1ccccc1OC. The van der Waals surface area contributed by atoms with Crippen LogP contribution in [0.2, 0.25) is 0 Å². The van der Waals surface area contributed by atoms with E-state index >= 15 is 0 Å². The van der Waals surface area contributed by atoms with Crippen molar-refractivity contribution >= 4 is 11.8 Å². The van der Waals surface area contributed by atoms with Crippen LogP contribution < -0.4 is 9.64 Å². The molecule has 3 rings (SSSR count). The third kappa shape index (κ3) is 5.73. The van der Waals surface area contributed by atoms with E-state index < -0.39 is 0 Å². The lowest BCUT2D eigenvalue weighted by Gasteiger charge is -2.27. The Kier molecular flexibility index (Phi) is 8.49. The zero-order valence-electron chi connectivity index (χ0n) is 20.2. The van der Waals surface area contributed by atoms with Crippen molar-refractivity contribution in [2.45, 2.75) is 20.4 Å². The predicted octanol–water partition coefficient (Wildman–Crippen LogP) is 4.40. The van der Waals surface area contributed by atoms with Crippen molar-refractivity contribution in [3.8, 4) is 17.0 Å². The number of carbonyl (C=O) groups is 1. The fraction of sp³-hybridized carbons (Fsp3) is 0.385. The number of likely N-dealkylation sites (N-methyl/N-ethyl adjacent to an activating group) is 1. The lowest BCUT2D eigenvalue weighted by atomic mass is 10.1. The molecule has 0 radical (unpaired) electrons. The van der Waals surface area contributed by atoms with Crippen LogP contribution in [0, 0.1) is 0 Å². The molecule has 7 nitrogen and oxygen atoms in total. The maximum Gasteiger partial charge on any atom is 0.257 e. The van der Waals surface area contributed by atoms with E-state index in [2.05, 4.69) is 28.8 Å². The summed E-state index contributed by atoms with van der Waals surface area (Å²) in [6.07, 6.45) is 0. The normalized spacial score (nSPS) is 11.0. The fourth-order valence-corrected chi connectivity index (χ4v) is 3.78. The van der Waals surface area contributed by atoms with E-state index in [9.17, 15) is 4.79 Å². The summed E-state index contributed by atoms with van der Waals surface area (Å²) in [5, 5.41) is 4.43. The van der Waals surface area contributed by atoms with Crippen molar-refractivity contribution in [2.75, 3.05) is 52.3 Å². The van der Waals surface area contributed by atoms with Crippen LogP contribution >= 0.6 is 0 Å². The fourth-order valence-electron chi connectivity index (χ4n) is 3.78. The number of ether oxygens (including phenoxy) is 1. The van der Waals surface area contributed by atoms with E-state index in [4.69, 9.17) is 9.26 Å². The summed E-state index contributed by atoms with van der Waals surface area (Å²) >= 11 is 0. The molecule has 0 aliphatic carbocycles. The summed E-state index contributed by atoms with van der Waals surface area (Å²) in [6.45, 7) is 7.40. The van der Waals surface area contributed by atoms with Crippen molar-refractivity contribution in [3.63, 3.8) is 0 Å². The molecule has 176 valence electrons. The van der Waals surface area contributed by atoms with Crippen molar-refractivity contribution < 1.29 is 14.1 Å². The average molecular weight is 451 g/mol. The molecular weight excluding hydrogens is 416 g/mol. The minimum absolute atomic E-state index is 0.0833. The molecule has 0 saturated carbocycles. The number of carbonyl (C=O) groups excluding carboxylic acids is 1. The third-order valence-corrected chi connectivity index (χ3v) is 5.66. The predicted molar refractivity (Wildman–Crippen MR) is 132 cm³/mol. The highest BCUT2D eigenvalue weighted by molar-refractivity contribution is 5.97. The number of benzene rings is 2. The van der Waals surface area contributed by atoms with Crippen molar-refractivity contribution in [3.05, 3.63) is 65.7 Å². The number of para-hydroxylation sites is 1. The van der Waals surface area contributed by atoms with Crippen LogP contribution in [0.5, 0.6) is 5.75 Å². The van der Waals surface area contributed by atoms with E-state index in [0.717, 1.165) is 36.5 Å². The topological polar surface area (TPSA) is 62.1 Å². The van der Waals surface area contributed by atoms with Crippen LogP contribution in [0.15, 0.2) is 59.1 Å². The van der Waals surface area contributed by atoms with E-state index in [0.29, 0.717) is 30.3 Å². The Morgan fingerprint density at radius 2 is 1.64 bits per heavy atom. The van der Waals surface area contributed by atoms with Crippen LogP contribution in [0.4, 0.5) is 5.88 Å². The van der Waals surface area contributed by atoms with Crippen LogP contribution in [0.1, 0.15) is 29.8 Å². The second-order valence-corrected chi connectivity index (χ2v) is 8.08. The molecule has 0 fully saturated rings. The van der Waals surface area contributed by atoms with E-state index in [1.165, 1.54) is 0 Å². The summed E-state index contributed by atoms with van der Waals surface area (Å²) < 4.78 is 11.3. The molecule has 1 amide bonds. The lowest BCUT2D eigenvalue weighted by molar-refractivity contribution is 0.0729. The Morgan fingerprint density at radius 1 is 0.970 bits per heavy atom. The molecule has 1 heterocycles. The van der Waals surface area contributed by atoms with Crippen molar-refractivity contribution in [1.29, 1.82) is 0 Å². The molecule has 0 bridgehead atoms. The van der Waals surface area contributed by atoms with Gasteiger partial charge in [-0.3, -0.25) is 4.79 Å². The monoisotopic (exact) mass is 450 g/mol. The molecule has 0 unspecified atom stereocenters. The molecule has 7 heteroatoms. The van der Waals surface area contributed by atoms with Gasteiger partial charge in [0.15, 0.2) is 0 Å². The standard InChI is InChI=1S/C26H34N4O3/c1-6-29(7-2)26-22(24(27-33-26)20-13-9-8-10-14-20)19-30(18-17-28(3)4)25(31)21-15-11-12-16-23(21)32-5/h8-16H,6-7,17-19H2,1-5H3. The molecule has 0 spiro atoms. The van der Waals surface area contributed by atoms with Gasteiger partial charge in [0, 0.05) is 31.7 Å². The summed E-state index contributed by atoms with van der Waals surface area (Å²) in [5.74, 6) is 1.19. The Labute approximate surface area is 196 Å². The summed E-state index contributed by atoms with van der Waals surface area (Å²) in [5.41, 5.74) is 3.18. The molecule has 0 aliphatic heterocycles. The Bertz CT molecular complexity index is 1030. The number of methoxy groups -OCH3 is 1. The molecule has 0 atom stereocenters. The largest absolute Gasteiger partial charge is 0.496 e. The van der Waals surface area contributed by atoms with Gasteiger partial charge < -0.3 is 24.0 Å². The number of aromatic nitrogens is 1. The Balaban J connectivity index is 2.05. The lowest BCUT2D eigenvalue weighted by Crippen LogP contribution is -2.37. The number of rotatable bonds is 11. The van der Waals surface area contributed by atoms with Gasteiger partial charge in [-0.1, -0.05) is 47.6 Å². The molecule has 2 aromatic carbocycles. The summed E-state index contributed by atoms with van der Waals surface area (Å²) in [4.78, 5) is 19.7. The van der Waals surface area contributed by atoms with Gasteiger partial charge in [-0.25, -0.2) is 0 Å². The molecule has 0 aliphatic rings. The second kappa shape index (κ2) is 11.5. The van der Waals surface area contributed by atoms with Gasteiger partial charge >= 0.3 is 0 Å². The number of nitrogens with zero attached hydrogens (tertiary/aromatic N) is 4. The molecular formula is C26H34N4O3. The highest BCUT2D eigenvalue weighted by atomic mass is 16.5. The maximum absolute atomic E-state index is 13.7. The first-order valence-corrected chi connectivity index (χ1v) is 11.4. The number of anilines is 1. The molecule has 0 N–H and O–H groups in total. The number of hydrogen-bond donors (Lipinski definition) is 0. The van der Waals surface area contributed by atoms with E-state index in [1.54, 1.807) is 13.2 Å². The van der Waals surface area contributed by atoms with Gasteiger partial charge in [0.1, 0.15) is 11.4 Å². The minimum Gasteiger partial charge on any atom is -0.496 e. The van der Waals surface area contributed by atoms with Crippen LogP contribution in [-0.2, 0) is 6.54 Å². The third-order valence-electron chi connectivity index (χ3n) is 5.66. The zero-order valence-corrected chi connectivity index (χ0v) is 20.2. The van der Waals surface area contributed by atoms with Gasteiger partial charge in [-0.2, -0.15) is 0 Å². The maximum atomic E-state index is 13.7. The number of hydrogen-bond acceptors (Lipinski definition) is 6. The van der Waals surface area contributed by atoms with Gasteiger partial charge in [-0.05, 0) is 40.1 Å². The van der Waals surface area contributed by atoms with Gasteiger partial charge in [-0.15, -0.1) is 0 Å². The quantitative estimate of drug-likeness (QED) is 0.432. The smallest absolute Gasteiger partial charge is 0.257 e. The van der Waals surface area contributed by atoms with Crippen molar-refractivity contribution in [1.82, 2.24) is 15.0 Å². The highest BCUT2D eigenvalue weighted by Gasteiger charge is 2.27. The van der Waals surface area contributed by atoms with Crippen molar-refractivity contribution in [2.24, 2.45) is 0 Å². The zero-order chi connectivity index (χ0) is 23.8. The highest BCUT2D eigenvalue weighted by Crippen LogP contribution is 2.33. The van der Waals surface area contributed by atoms with Crippen LogP contribution in [0.3, 0.4) is 0 Å². The first-order chi connectivity index (χ1) is 16.0. The summed E-state index contributed by atoms with van der Waals surface area (Å²) in [7, 11) is 5.59. The van der Waals surface area contributed by atoms with E-state index in [1.807, 2.05) is 67.5 Å². The summed E-state index contributed by atoms with van der Waals surface area (Å²) in [6, 6.07) is 17.3. The first kappa shape index (κ1) is 24.3. The molecule has 33 heavy (non-hydrogen) atoms. The van der Waals surface area contributed by atoms with Gasteiger partial charge in [0.05, 0.1) is 24.8 Å². The average Bonchev–Trinajstić information content (AvgIpc) is 3.25. The Hall–Kier alpha value is -3.32. The molecule has 1 aromatic heterocycles. The van der Waals surface area contributed by atoms with Crippen LogP contribution in [0.25, 0.3) is 11.3 Å². The minimum atomic E-state index is -0.0833. The molecule has 0 saturated heterocycles. The Morgan fingerprint density at radius 3 is 2.27 bits per heavy atom. The van der Waals surface area contributed by atoms with E-state index in [-0.39, 0.29) is 5.91 Å².